The average molecular weight is 425 g/mol. The zero-order chi connectivity index (χ0) is 20.5. The molecule has 1 aromatic heterocycles. The van der Waals surface area contributed by atoms with Crippen molar-refractivity contribution in [3.8, 4) is 11.3 Å². The molecular formula is C24H26ClFN4. The SMILES string of the molecule is Fc1ccc(-c2ccn(C3CCC(N4CCN(c5ccc(Cl)cc5)CC4)C3)n2)cc1. The van der Waals surface area contributed by atoms with Crippen LogP contribution in [0, 0.1) is 5.82 Å². The Hall–Kier alpha value is -2.37. The zero-order valence-electron chi connectivity index (χ0n) is 16.9. The van der Waals surface area contributed by atoms with Crippen LogP contribution < -0.4 is 4.90 Å². The highest BCUT2D eigenvalue weighted by Gasteiger charge is 2.32. The highest BCUT2D eigenvalue weighted by molar-refractivity contribution is 6.30. The summed E-state index contributed by atoms with van der Waals surface area (Å²) in [5, 5.41) is 5.57. The number of nitrogens with zero attached hydrogens (tertiary/aromatic N) is 4. The second kappa shape index (κ2) is 8.40. The Morgan fingerprint density at radius 3 is 2.27 bits per heavy atom. The van der Waals surface area contributed by atoms with E-state index in [0.717, 1.165) is 55.3 Å². The van der Waals surface area contributed by atoms with Crippen molar-refractivity contribution in [1.82, 2.24) is 14.7 Å². The molecular weight excluding hydrogens is 399 g/mol. The summed E-state index contributed by atoms with van der Waals surface area (Å²) >= 11 is 6.02. The van der Waals surface area contributed by atoms with Gasteiger partial charge in [0, 0.05) is 54.7 Å². The monoisotopic (exact) mass is 424 g/mol. The Morgan fingerprint density at radius 2 is 1.53 bits per heavy atom. The number of halogens is 2. The first-order valence-corrected chi connectivity index (χ1v) is 11.1. The van der Waals surface area contributed by atoms with Gasteiger partial charge in [0.05, 0.1) is 11.7 Å². The third-order valence-electron chi connectivity index (χ3n) is 6.52. The second-order valence-corrected chi connectivity index (χ2v) is 8.74. The molecule has 30 heavy (non-hydrogen) atoms. The molecule has 2 unspecified atom stereocenters. The van der Waals surface area contributed by atoms with Gasteiger partial charge < -0.3 is 4.90 Å². The van der Waals surface area contributed by atoms with E-state index in [1.54, 1.807) is 12.1 Å². The molecule has 0 radical (unpaired) electrons. The lowest BCUT2D eigenvalue weighted by molar-refractivity contribution is 0.183. The molecule has 2 atom stereocenters. The van der Waals surface area contributed by atoms with Crippen molar-refractivity contribution in [1.29, 1.82) is 0 Å². The summed E-state index contributed by atoms with van der Waals surface area (Å²) < 4.78 is 15.3. The van der Waals surface area contributed by atoms with Gasteiger partial charge in [-0.25, -0.2) is 4.39 Å². The fourth-order valence-electron chi connectivity index (χ4n) is 4.82. The zero-order valence-corrected chi connectivity index (χ0v) is 17.7. The van der Waals surface area contributed by atoms with Crippen LogP contribution in [-0.2, 0) is 0 Å². The first-order chi connectivity index (χ1) is 14.7. The van der Waals surface area contributed by atoms with E-state index < -0.39 is 0 Å². The van der Waals surface area contributed by atoms with E-state index >= 15 is 0 Å². The van der Waals surface area contributed by atoms with Gasteiger partial charge in [0.2, 0.25) is 0 Å². The lowest BCUT2D eigenvalue weighted by Gasteiger charge is -2.39. The van der Waals surface area contributed by atoms with E-state index in [0.29, 0.717) is 12.1 Å². The Bertz CT molecular complexity index is 977. The van der Waals surface area contributed by atoms with Crippen LogP contribution in [-0.4, -0.2) is 46.9 Å². The van der Waals surface area contributed by atoms with Gasteiger partial charge >= 0.3 is 0 Å². The van der Waals surface area contributed by atoms with Gasteiger partial charge in [0.25, 0.3) is 0 Å². The number of aromatic nitrogens is 2. The fourth-order valence-corrected chi connectivity index (χ4v) is 4.95. The van der Waals surface area contributed by atoms with Crippen molar-refractivity contribution in [3.05, 3.63) is 71.6 Å². The number of hydrogen-bond acceptors (Lipinski definition) is 3. The first-order valence-electron chi connectivity index (χ1n) is 10.7. The van der Waals surface area contributed by atoms with Gasteiger partial charge in [0.15, 0.2) is 0 Å². The molecule has 0 N–H and O–H groups in total. The van der Waals surface area contributed by atoms with Crippen LogP contribution in [0.1, 0.15) is 25.3 Å². The molecule has 1 aliphatic carbocycles. The molecule has 0 bridgehead atoms. The van der Waals surface area contributed by atoms with Crippen LogP contribution in [0.2, 0.25) is 5.02 Å². The third kappa shape index (κ3) is 4.09. The molecule has 3 aromatic rings. The quantitative estimate of drug-likeness (QED) is 0.571. The van der Waals surface area contributed by atoms with E-state index in [9.17, 15) is 4.39 Å². The molecule has 4 nitrogen and oxygen atoms in total. The van der Waals surface area contributed by atoms with Crippen molar-refractivity contribution in [3.63, 3.8) is 0 Å². The molecule has 1 aliphatic heterocycles. The Morgan fingerprint density at radius 1 is 0.833 bits per heavy atom. The number of piperazine rings is 1. The van der Waals surface area contributed by atoms with Crippen LogP contribution in [0.3, 0.4) is 0 Å². The predicted octanol–water partition coefficient (Wildman–Crippen LogP) is 5.26. The fraction of sp³-hybridized carbons (Fsp3) is 0.375. The van der Waals surface area contributed by atoms with Gasteiger partial charge in [-0.2, -0.15) is 5.10 Å². The third-order valence-corrected chi connectivity index (χ3v) is 6.77. The summed E-state index contributed by atoms with van der Waals surface area (Å²) in [4.78, 5) is 5.10. The van der Waals surface area contributed by atoms with E-state index in [-0.39, 0.29) is 5.82 Å². The van der Waals surface area contributed by atoms with E-state index in [1.807, 2.05) is 18.2 Å². The first kappa shape index (κ1) is 19.6. The van der Waals surface area contributed by atoms with E-state index in [1.165, 1.54) is 24.2 Å². The largest absolute Gasteiger partial charge is 0.369 e. The molecule has 0 spiro atoms. The molecule has 2 heterocycles. The molecule has 2 aliphatic rings. The van der Waals surface area contributed by atoms with Crippen LogP contribution in [0.15, 0.2) is 60.8 Å². The van der Waals surface area contributed by atoms with Crippen molar-refractivity contribution in [2.45, 2.75) is 31.3 Å². The van der Waals surface area contributed by atoms with Crippen molar-refractivity contribution in [2.75, 3.05) is 31.1 Å². The number of benzene rings is 2. The van der Waals surface area contributed by atoms with Gasteiger partial charge in [-0.3, -0.25) is 9.58 Å². The number of anilines is 1. The molecule has 0 amide bonds. The maximum Gasteiger partial charge on any atom is 0.123 e. The maximum atomic E-state index is 13.2. The van der Waals surface area contributed by atoms with Crippen molar-refractivity contribution >= 4 is 17.3 Å². The summed E-state index contributed by atoms with van der Waals surface area (Å²) in [6, 6.07) is 17.8. The Kier molecular flexibility index (Phi) is 5.48. The molecule has 6 heteroatoms. The minimum atomic E-state index is -0.215. The minimum absolute atomic E-state index is 0.215. The molecule has 2 fully saturated rings. The van der Waals surface area contributed by atoms with Gasteiger partial charge in [-0.1, -0.05) is 11.6 Å². The topological polar surface area (TPSA) is 24.3 Å². The average Bonchev–Trinajstić information content (AvgIpc) is 3.45. The van der Waals surface area contributed by atoms with Crippen LogP contribution >= 0.6 is 11.6 Å². The van der Waals surface area contributed by atoms with Gasteiger partial charge in [-0.15, -0.1) is 0 Å². The molecule has 1 saturated heterocycles. The normalized spacial score (nSPS) is 22.5. The molecule has 2 aromatic carbocycles. The maximum absolute atomic E-state index is 13.2. The van der Waals surface area contributed by atoms with Crippen molar-refractivity contribution in [2.24, 2.45) is 0 Å². The summed E-state index contributed by atoms with van der Waals surface area (Å²) in [5.41, 5.74) is 3.13. The van der Waals surface area contributed by atoms with Crippen LogP contribution in [0.4, 0.5) is 10.1 Å². The smallest absolute Gasteiger partial charge is 0.123 e. The minimum Gasteiger partial charge on any atom is -0.369 e. The van der Waals surface area contributed by atoms with Crippen molar-refractivity contribution < 1.29 is 4.39 Å². The van der Waals surface area contributed by atoms with E-state index in [2.05, 4.69) is 32.8 Å². The van der Waals surface area contributed by atoms with Crippen LogP contribution in [0.5, 0.6) is 0 Å². The highest BCUT2D eigenvalue weighted by atomic mass is 35.5. The number of rotatable bonds is 4. The van der Waals surface area contributed by atoms with Gasteiger partial charge in [-0.05, 0) is 73.9 Å². The predicted molar refractivity (Wildman–Crippen MR) is 120 cm³/mol. The Balaban J connectivity index is 1.18. The van der Waals surface area contributed by atoms with E-state index in [4.69, 9.17) is 16.7 Å². The molecule has 156 valence electrons. The van der Waals surface area contributed by atoms with Crippen LogP contribution in [0.25, 0.3) is 11.3 Å². The van der Waals surface area contributed by atoms with Gasteiger partial charge in [0.1, 0.15) is 5.82 Å². The lowest BCUT2D eigenvalue weighted by atomic mass is 10.1. The summed E-state index contributed by atoms with van der Waals surface area (Å²) in [6.07, 6.45) is 5.60. The lowest BCUT2D eigenvalue weighted by Crippen LogP contribution is -2.49. The summed E-state index contributed by atoms with van der Waals surface area (Å²) in [5.74, 6) is -0.215. The highest BCUT2D eigenvalue weighted by Crippen LogP contribution is 2.34. The summed E-state index contributed by atoms with van der Waals surface area (Å²) in [7, 11) is 0. The second-order valence-electron chi connectivity index (χ2n) is 8.31. The standard InChI is InChI=1S/C24H26ClFN4/c25-19-3-7-21(8-4-19)28-13-15-29(16-14-28)22-9-10-23(17-22)30-12-11-24(27-30)18-1-5-20(26)6-2-18/h1-8,11-12,22-23H,9-10,13-17H2. The summed E-state index contributed by atoms with van der Waals surface area (Å²) in [6.45, 7) is 4.30. The molecule has 5 rings (SSSR count). The number of hydrogen-bond donors (Lipinski definition) is 0. The Labute approximate surface area is 181 Å². The molecule has 1 saturated carbocycles.